The number of carbonyl (C=O) groups excluding carboxylic acids is 1. The number of carbonyl (C=O) groups is 1. The normalized spacial score (nSPS) is 10.8. The van der Waals surface area contributed by atoms with Crippen molar-refractivity contribution in [3.8, 4) is 0 Å². The predicted molar refractivity (Wildman–Crippen MR) is 85.4 cm³/mol. The first-order valence-corrected chi connectivity index (χ1v) is 7.06. The maximum atomic E-state index is 12.1. The molecular formula is C18H18N2O. The largest absolute Gasteiger partial charge is 0.357 e. The van der Waals surface area contributed by atoms with Gasteiger partial charge in [-0.3, -0.25) is 4.79 Å². The van der Waals surface area contributed by atoms with Crippen molar-refractivity contribution in [3.63, 3.8) is 0 Å². The van der Waals surface area contributed by atoms with Crippen LogP contribution in [-0.4, -0.2) is 10.9 Å². The number of aromatic amines is 1. The van der Waals surface area contributed by atoms with Crippen LogP contribution in [0.15, 0.2) is 48.5 Å². The minimum absolute atomic E-state index is 0.0511. The molecule has 3 rings (SSSR count). The average molecular weight is 278 g/mol. The Hall–Kier alpha value is -2.55. The van der Waals surface area contributed by atoms with Gasteiger partial charge in [0.05, 0.1) is 6.54 Å². The molecule has 3 nitrogen and oxygen atoms in total. The summed E-state index contributed by atoms with van der Waals surface area (Å²) < 4.78 is 0. The lowest BCUT2D eigenvalue weighted by Crippen LogP contribution is -2.23. The van der Waals surface area contributed by atoms with Gasteiger partial charge in [0.25, 0.3) is 5.91 Å². The Morgan fingerprint density at radius 3 is 2.62 bits per heavy atom. The maximum absolute atomic E-state index is 12.1. The van der Waals surface area contributed by atoms with Crippen LogP contribution in [0.1, 0.15) is 27.2 Å². The quantitative estimate of drug-likeness (QED) is 0.753. The highest BCUT2D eigenvalue weighted by molar-refractivity contribution is 5.94. The molecule has 0 aliphatic rings. The topological polar surface area (TPSA) is 44.9 Å². The van der Waals surface area contributed by atoms with E-state index in [1.54, 1.807) is 0 Å². The van der Waals surface area contributed by atoms with Gasteiger partial charge in [-0.05, 0) is 43.7 Å². The highest BCUT2D eigenvalue weighted by atomic mass is 16.1. The van der Waals surface area contributed by atoms with Crippen molar-refractivity contribution in [2.45, 2.75) is 20.4 Å². The van der Waals surface area contributed by atoms with Crippen LogP contribution in [0.25, 0.3) is 10.9 Å². The Bertz CT molecular complexity index is 788. The number of fused-ring (bicyclic) bond motifs is 1. The second-order valence-corrected chi connectivity index (χ2v) is 5.33. The SMILES string of the molecule is Cc1ccc2[nH]c(CNC(=O)c3ccccc3)c(C)c2c1. The third-order valence-corrected chi connectivity index (χ3v) is 3.78. The number of H-pyrrole nitrogens is 1. The summed E-state index contributed by atoms with van der Waals surface area (Å²) in [6, 6.07) is 15.6. The molecule has 2 N–H and O–H groups in total. The molecule has 3 aromatic rings. The van der Waals surface area contributed by atoms with Crippen molar-refractivity contribution >= 4 is 16.8 Å². The molecular weight excluding hydrogens is 260 g/mol. The van der Waals surface area contributed by atoms with Gasteiger partial charge in [0, 0.05) is 22.2 Å². The molecule has 1 aromatic heterocycles. The van der Waals surface area contributed by atoms with Crippen LogP contribution in [0.3, 0.4) is 0 Å². The molecule has 0 aliphatic heterocycles. The minimum Gasteiger partial charge on any atom is -0.357 e. The fourth-order valence-corrected chi connectivity index (χ4v) is 2.53. The summed E-state index contributed by atoms with van der Waals surface area (Å²) in [5, 5.41) is 4.18. The molecule has 2 aromatic carbocycles. The molecule has 0 fully saturated rings. The molecule has 0 radical (unpaired) electrons. The first kappa shape index (κ1) is 13.4. The van der Waals surface area contributed by atoms with Gasteiger partial charge in [0.15, 0.2) is 0 Å². The van der Waals surface area contributed by atoms with E-state index in [4.69, 9.17) is 0 Å². The molecule has 0 unspecified atom stereocenters. The summed E-state index contributed by atoms with van der Waals surface area (Å²) in [6.07, 6.45) is 0. The number of aromatic nitrogens is 1. The molecule has 21 heavy (non-hydrogen) atoms. The van der Waals surface area contributed by atoms with Gasteiger partial charge in [0.1, 0.15) is 0 Å². The van der Waals surface area contributed by atoms with Crippen molar-refractivity contribution in [2.24, 2.45) is 0 Å². The number of benzene rings is 2. The fourth-order valence-electron chi connectivity index (χ4n) is 2.53. The summed E-state index contributed by atoms with van der Waals surface area (Å²) in [5.41, 5.74) is 5.29. The van der Waals surface area contributed by atoms with E-state index in [9.17, 15) is 4.79 Å². The first-order valence-electron chi connectivity index (χ1n) is 7.06. The lowest BCUT2D eigenvalue weighted by atomic mass is 10.1. The van der Waals surface area contributed by atoms with Crippen molar-refractivity contribution < 1.29 is 4.79 Å². The van der Waals surface area contributed by atoms with E-state index in [1.165, 1.54) is 16.5 Å². The third kappa shape index (κ3) is 2.68. The van der Waals surface area contributed by atoms with Crippen LogP contribution in [0, 0.1) is 13.8 Å². The second kappa shape index (κ2) is 5.44. The van der Waals surface area contributed by atoms with Gasteiger partial charge in [-0.2, -0.15) is 0 Å². The van der Waals surface area contributed by atoms with Crippen LogP contribution >= 0.6 is 0 Å². The molecule has 106 valence electrons. The zero-order valence-corrected chi connectivity index (χ0v) is 12.2. The summed E-state index contributed by atoms with van der Waals surface area (Å²) in [7, 11) is 0. The van der Waals surface area contributed by atoms with Gasteiger partial charge < -0.3 is 10.3 Å². The number of amides is 1. The van der Waals surface area contributed by atoms with E-state index in [0.29, 0.717) is 12.1 Å². The van der Waals surface area contributed by atoms with Gasteiger partial charge in [0.2, 0.25) is 0 Å². The predicted octanol–water partition coefficient (Wildman–Crippen LogP) is 3.71. The van der Waals surface area contributed by atoms with Gasteiger partial charge >= 0.3 is 0 Å². The van der Waals surface area contributed by atoms with Crippen LogP contribution in [0.4, 0.5) is 0 Å². The minimum atomic E-state index is -0.0511. The highest BCUT2D eigenvalue weighted by Crippen LogP contribution is 2.22. The number of hydrogen-bond donors (Lipinski definition) is 2. The van der Waals surface area contributed by atoms with E-state index in [-0.39, 0.29) is 5.91 Å². The molecule has 0 atom stereocenters. The molecule has 0 spiro atoms. The molecule has 1 amide bonds. The van der Waals surface area contributed by atoms with Gasteiger partial charge in [-0.1, -0.05) is 29.8 Å². The van der Waals surface area contributed by atoms with E-state index >= 15 is 0 Å². The van der Waals surface area contributed by atoms with Crippen molar-refractivity contribution in [3.05, 3.63) is 70.9 Å². The zero-order chi connectivity index (χ0) is 14.8. The van der Waals surface area contributed by atoms with Crippen LogP contribution < -0.4 is 5.32 Å². The Morgan fingerprint density at radius 2 is 1.86 bits per heavy atom. The van der Waals surface area contributed by atoms with Crippen molar-refractivity contribution in [1.82, 2.24) is 10.3 Å². The number of rotatable bonds is 3. The Balaban J connectivity index is 1.79. The van der Waals surface area contributed by atoms with Crippen LogP contribution in [0.2, 0.25) is 0 Å². The number of hydrogen-bond acceptors (Lipinski definition) is 1. The van der Waals surface area contributed by atoms with Gasteiger partial charge in [-0.15, -0.1) is 0 Å². The van der Waals surface area contributed by atoms with Crippen molar-refractivity contribution in [2.75, 3.05) is 0 Å². The number of nitrogens with one attached hydrogen (secondary N) is 2. The molecule has 0 saturated heterocycles. The lowest BCUT2D eigenvalue weighted by molar-refractivity contribution is 0.0950. The van der Waals surface area contributed by atoms with E-state index in [2.05, 4.69) is 42.3 Å². The lowest BCUT2D eigenvalue weighted by Gasteiger charge is -2.04. The molecule has 1 heterocycles. The summed E-state index contributed by atoms with van der Waals surface area (Å²) in [5.74, 6) is -0.0511. The monoisotopic (exact) mass is 278 g/mol. The van der Waals surface area contributed by atoms with Crippen molar-refractivity contribution in [1.29, 1.82) is 0 Å². The van der Waals surface area contributed by atoms with E-state index in [0.717, 1.165) is 11.2 Å². The van der Waals surface area contributed by atoms with Gasteiger partial charge in [-0.25, -0.2) is 0 Å². The molecule has 3 heteroatoms. The first-order chi connectivity index (χ1) is 10.1. The highest BCUT2D eigenvalue weighted by Gasteiger charge is 2.09. The maximum Gasteiger partial charge on any atom is 0.251 e. The summed E-state index contributed by atoms with van der Waals surface area (Å²) >= 11 is 0. The average Bonchev–Trinajstić information content (AvgIpc) is 2.82. The number of aryl methyl sites for hydroxylation is 2. The Labute approximate surface area is 124 Å². The molecule has 0 bridgehead atoms. The van der Waals surface area contributed by atoms with Crippen LogP contribution in [0.5, 0.6) is 0 Å². The molecule has 0 aliphatic carbocycles. The Morgan fingerprint density at radius 1 is 1.10 bits per heavy atom. The summed E-state index contributed by atoms with van der Waals surface area (Å²) in [4.78, 5) is 15.5. The summed E-state index contributed by atoms with van der Waals surface area (Å²) in [6.45, 7) is 4.68. The smallest absolute Gasteiger partial charge is 0.251 e. The van der Waals surface area contributed by atoms with E-state index in [1.807, 2.05) is 30.3 Å². The van der Waals surface area contributed by atoms with E-state index < -0.39 is 0 Å². The Kier molecular flexibility index (Phi) is 3.48. The fraction of sp³-hybridized carbons (Fsp3) is 0.167. The molecule has 0 saturated carbocycles. The third-order valence-electron chi connectivity index (χ3n) is 3.78. The van der Waals surface area contributed by atoms with Crippen LogP contribution in [-0.2, 0) is 6.54 Å². The zero-order valence-electron chi connectivity index (χ0n) is 12.2. The second-order valence-electron chi connectivity index (χ2n) is 5.33. The standard InChI is InChI=1S/C18H18N2O/c1-12-8-9-16-15(10-12)13(2)17(20-16)11-19-18(21)14-6-4-3-5-7-14/h3-10,20H,11H2,1-2H3,(H,19,21).